The van der Waals surface area contributed by atoms with Gasteiger partial charge in [0.2, 0.25) is 0 Å². The number of rotatable bonds is 5. The van der Waals surface area contributed by atoms with E-state index in [2.05, 4.69) is 11.8 Å². The van der Waals surface area contributed by atoms with Gasteiger partial charge in [0.05, 0.1) is 18.7 Å². The second kappa shape index (κ2) is 6.05. The highest BCUT2D eigenvalue weighted by Gasteiger charge is 2.34. The van der Waals surface area contributed by atoms with E-state index in [0.717, 1.165) is 38.0 Å². The molecule has 2 atom stereocenters. The normalized spacial score (nSPS) is 24.3. The molecular weight excluding hydrogens is 230 g/mol. The molecule has 2 rings (SSSR count). The van der Waals surface area contributed by atoms with Crippen molar-refractivity contribution in [1.29, 1.82) is 0 Å². The van der Waals surface area contributed by atoms with Crippen LogP contribution >= 0.6 is 0 Å². The molecule has 1 aliphatic carbocycles. The van der Waals surface area contributed by atoms with Crippen LogP contribution in [0.25, 0.3) is 0 Å². The average Bonchev–Trinajstić information content (AvgIpc) is 2.88. The van der Waals surface area contributed by atoms with E-state index < -0.39 is 5.97 Å². The molecule has 2 unspecified atom stereocenters. The van der Waals surface area contributed by atoms with Crippen LogP contribution in [0.1, 0.15) is 38.4 Å². The van der Waals surface area contributed by atoms with Gasteiger partial charge in [-0.05, 0) is 31.5 Å². The molecule has 1 aromatic rings. The zero-order valence-corrected chi connectivity index (χ0v) is 10.8. The Morgan fingerprint density at radius 3 is 2.89 bits per heavy atom. The van der Waals surface area contributed by atoms with Gasteiger partial charge in [0.15, 0.2) is 0 Å². The molecule has 0 saturated heterocycles. The molecule has 1 N–H and O–H groups in total. The van der Waals surface area contributed by atoms with Crippen molar-refractivity contribution in [3.05, 3.63) is 24.2 Å². The van der Waals surface area contributed by atoms with Gasteiger partial charge in [-0.15, -0.1) is 0 Å². The number of furan rings is 1. The van der Waals surface area contributed by atoms with Gasteiger partial charge < -0.3 is 9.52 Å². The summed E-state index contributed by atoms with van der Waals surface area (Å²) in [5, 5.41) is 9.33. The van der Waals surface area contributed by atoms with Gasteiger partial charge in [0.1, 0.15) is 5.76 Å². The van der Waals surface area contributed by atoms with Crippen molar-refractivity contribution < 1.29 is 14.3 Å². The summed E-state index contributed by atoms with van der Waals surface area (Å²) >= 11 is 0. The fourth-order valence-corrected chi connectivity index (χ4v) is 2.90. The van der Waals surface area contributed by atoms with Crippen molar-refractivity contribution in [3.63, 3.8) is 0 Å². The first-order valence-electron chi connectivity index (χ1n) is 6.71. The topological polar surface area (TPSA) is 53.7 Å². The van der Waals surface area contributed by atoms with E-state index in [-0.39, 0.29) is 12.0 Å². The molecule has 1 heterocycles. The third-order valence-electron chi connectivity index (χ3n) is 3.86. The molecule has 1 saturated carbocycles. The molecule has 0 aliphatic heterocycles. The minimum Gasteiger partial charge on any atom is -0.481 e. The predicted molar refractivity (Wildman–Crippen MR) is 68.2 cm³/mol. The third-order valence-corrected chi connectivity index (χ3v) is 3.86. The lowest BCUT2D eigenvalue weighted by Gasteiger charge is -2.37. The molecule has 18 heavy (non-hydrogen) atoms. The predicted octanol–water partition coefficient (Wildman–Crippen LogP) is 2.74. The maximum absolute atomic E-state index is 11.3. The van der Waals surface area contributed by atoms with Crippen molar-refractivity contribution in [2.24, 2.45) is 5.92 Å². The highest BCUT2D eigenvalue weighted by atomic mass is 16.4. The molecule has 0 spiro atoms. The lowest BCUT2D eigenvalue weighted by Crippen LogP contribution is -2.44. The van der Waals surface area contributed by atoms with E-state index in [1.807, 2.05) is 12.1 Å². The number of hydrogen-bond acceptors (Lipinski definition) is 3. The Labute approximate surface area is 108 Å². The highest BCUT2D eigenvalue weighted by molar-refractivity contribution is 5.71. The molecule has 0 radical (unpaired) electrons. The van der Waals surface area contributed by atoms with Crippen LogP contribution in [-0.4, -0.2) is 28.6 Å². The van der Waals surface area contributed by atoms with Crippen LogP contribution < -0.4 is 0 Å². The van der Waals surface area contributed by atoms with E-state index in [1.54, 1.807) is 6.26 Å². The summed E-state index contributed by atoms with van der Waals surface area (Å²) in [6.45, 7) is 3.64. The van der Waals surface area contributed by atoms with Crippen LogP contribution in [0.3, 0.4) is 0 Å². The lowest BCUT2D eigenvalue weighted by atomic mass is 9.83. The first-order chi connectivity index (χ1) is 8.72. The Morgan fingerprint density at radius 2 is 2.28 bits per heavy atom. The third kappa shape index (κ3) is 2.93. The Balaban J connectivity index is 2.07. The number of nitrogens with zero attached hydrogens (tertiary/aromatic N) is 1. The van der Waals surface area contributed by atoms with Crippen LogP contribution in [0.2, 0.25) is 0 Å². The summed E-state index contributed by atoms with van der Waals surface area (Å²) in [5.41, 5.74) is 0. The maximum atomic E-state index is 11.3. The van der Waals surface area contributed by atoms with Crippen molar-refractivity contribution in [2.45, 2.75) is 45.2 Å². The second-order valence-corrected chi connectivity index (χ2v) is 4.94. The number of aliphatic carboxylic acids is 1. The molecule has 0 aromatic carbocycles. The van der Waals surface area contributed by atoms with E-state index in [9.17, 15) is 9.90 Å². The van der Waals surface area contributed by atoms with Crippen molar-refractivity contribution in [2.75, 3.05) is 6.54 Å². The summed E-state index contributed by atoms with van der Waals surface area (Å²) in [6.07, 6.45) is 5.60. The fraction of sp³-hybridized carbons (Fsp3) is 0.643. The van der Waals surface area contributed by atoms with Crippen LogP contribution in [-0.2, 0) is 11.3 Å². The maximum Gasteiger partial charge on any atom is 0.308 e. The number of carboxylic acids is 1. The molecule has 100 valence electrons. The quantitative estimate of drug-likeness (QED) is 0.874. The van der Waals surface area contributed by atoms with Crippen molar-refractivity contribution >= 4 is 5.97 Å². The Morgan fingerprint density at radius 1 is 1.50 bits per heavy atom. The lowest BCUT2D eigenvalue weighted by molar-refractivity contribution is -0.145. The van der Waals surface area contributed by atoms with Gasteiger partial charge in [-0.3, -0.25) is 9.69 Å². The molecule has 1 aromatic heterocycles. The monoisotopic (exact) mass is 251 g/mol. The van der Waals surface area contributed by atoms with Crippen molar-refractivity contribution in [1.82, 2.24) is 4.90 Å². The van der Waals surface area contributed by atoms with Crippen LogP contribution in [0, 0.1) is 5.92 Å². The van der Waals surface area contributed by atoms with E-state index in [0.29, 0.717) is 6.54 Å². The van der Waals surface area contributed by atoms with Gasteiger partial charge in [-0.25, -0.2) is 0 Å². The van der Waals surface area contributed by atoms with Crippen LogP contribution in [0.15, 0.2) is 22.8 Å². The molecule has 4 heteroatoms. The number of carbonyl (C=O) groups is 1. The largest absolute Gasteiger partial charge is 0.481 e. The first-order valence-corrected chi connectivity index (χ1v) is 6.71. The smallest absolute Gasteiger partial charge is 0.308 e. The number of hydrogen-bond donors (Lipinski definition) is 1. The summed E-state index contributed by atoms with van der Waals surface area (Å²) in [7, 11) is 0. The van der Waals surface area contributed by atoms with Gasteiger partial charge in [-0.1, -0.05) is 19.8 Å². The summed E-state index contributed by atoms with van der Waals surface area (Å²) in [6, 6.07) is 3.96. The molecular formula is C14H21NO3. The Bertz CT molecular complexity index is 374. The number of carboxylic acid groups (broad SMARTS) is 1. The summed E-state index contributed by atoms with van der Waals surface area (Å²) in [4.78, 5) is 13.6. The second-order valence-electron chi connectivity index (χ2n) is 4.94. The fourth-order valence-electron chi connectivity index (χ4n) is 2.90. The van der Waals surface area contributed by atoms with Crippen molar-refractivity contribution in [3.8, 4) is 0 Å². The molecule has 1 aliphatic rings. The summed E-state index contributed by atoms with van der Waals surface area (Å²) in [5.74, 6) is 0.0258. The Hall–Kier alpha value is -1.29. The van der Waals surface area contributed by atoms with Gasteiger partial charge in [0.25, 0.3) is 0 Å². The molecule has 0 amide bonds. The first kappa shape index (κ1) is 13.1. The van der Waals surface area contributed by atoms with E-state index >= 15 is 0 Å². The highest BCUT2D eigenvalue weighted by Crippen LogP contribution is 2.29. The molecule has 0 bridgehead atoms. The minimum atomic E-state index is -0.655. The zero-order valence-electron chi connectivity index (χ0n) is 10.8. The van der Waals surface area contributed by atoms with E-state index in [4.69, 9.17) is 4.42 Å². The van der Waals surface area contributed by atoms with Gasteiger partial charge in [0, 0.05) is 6.04 Å². The zero-order chi connectivity index (χ0) is 13.0. The molecule has 1 fully saturated rings. The standard InChI is InChI=1S/C14H21NO3/c1-2-15(10-11-6-5-9-18-11)13-8-4-3-7-12(13)14(16)17/h5-6,9,12-13H,2-4,7-8,10H2,1H3,(H,16,17). The van der Waals surface area contributed by atoms with E-state index in [1.165, 1.54) is 0 Å². The molecule has 4 nitrogen and oxygen atoms in total. The summed E-state index contributed by atoms with van der Waals surface area (Å²) < 4.78 is 5.36. The Kier molecular flexibility index (Phi) is 4.42. The minimum absolute atomic E-state index is 0.145. The van der Waals surface area contributed by atoms with Gasteiger partial charge >= 0.3 is 5.97 Å². The van der Waals surface area contributed by atoms with Crippen LogP contribution in [0.5, 0.6) is 0 Å². The average molecular weight is 251 g/mol. The SMILES string of the molecule is CCN(Cc1ccco1)C1CCCCC1C(=O)O. The van der Waals surface area contributed by atoms with Gasteiger partial charge in [-0.2, -0.15) is 0 Å². The van der Waals surface area contributed by atoms with Crippen LogP contribution in [0.4, 0.5) is 0 Å².